The van der Waals surface area contributed by atoms with Crippen molar-refractivity contribution in [1.82, 2.24) is 0 Å². The largest absolute Gasteiger partial charge is 0.481 e. The lowest BCUT2D eigenvalue weighted by atomic mass is 9.94. The molecule has 0 heterocycles. The Morgan fingerprint density at radius 2 is 1.34 bits per heavy atom. The number of unbranched alkanes of at least 4 members (excludes halogenated alkanes) is 12. The van der Waals surface area contributed by atoms with E-state index >= 15 is 0 Å². The topological polar surface area (TPSA) is 104 Å². The lowest BCUT2D eigenvalue weighted by molar-refractivity contribution is -0.153. The molecule has 0 spiro atoms. The minimum Gasteiger partial charge on any atom is -0.481 e. The molecule has 0 aliphatic carbocycles. The highest BCUT2D eigenvalue weighted by atomic mass is 16.5. The zero-order valence-corrected chi connectivity index (χ0v) is 18.3. The molecule has 6 nitrogen and oxygen atoms in total. The Balaban J connectivity index is 3.99. The van der Waals surface area contributed by atoms with Crippen molar-refractivity contribution >= 4 is 11.9 Å². The van der Waals surface area contributed by atoms with Crippen molar-refractivity contribution in [2.45, 2.75) is 115 Å². The van der Waals surface area contributed by atoms with E-state index in [4.69, 9.17) is 14.9 Å². The summed E-state index contributed by atoms with van der Waals surface area (Å²) in [6.45, 7) is 3.06. The van der Waals surface area contributed by atoms with Crippen LogP contribution in [0.25, 0.3) is 0 Å². The average molecular weight is 413 g/mol. The molecule has 0 rings (SSSR count). The van der Waals surface area contributed by atoms with E-state index in [9.17, 15) is 14.7 Å². The molecule has 6 heteroatoms. The smallest absolute Gasteiger partial charge is 0.329 e. The molecule has 0 fully saturated rings. The van der Waals surface area contributed by atoms with Crippen LogP contribution in [0.4, 0.5) is 0 Å². The van der Waals surface area contributed by atoms with Crippen LogP contribution in [0.5, 0.6) is 0 Å². The molecule has 0 aromatic heterocycles. The van der Waals surface area contributed by atoms with Crippen molar-refractivity contribution in [2.75, 3.05) is 6.61 Å². The molecule has 2 unspecified atom stereocenters. The molecule has 0 aromatic rings. The zero-order chi connectivity index (χ0) is 22.0. The molecular weight excluding hydrogens is 372 g/mol. The van der Waals surface area contributed by atoms with Gasteiger partial charge in [0.2, 0.25) is 0 Å². The van der Waals surface area contributed by atoms with Gasteiger partial charge in [0.15, 0.2) is 5.60 Å². The summed E-state index contributed by atoms with van der Waals surface area (Å²) in [6, 6.07) is 0. The predicted octanol–water partition coefficient (Wildman–Crippen LogP) is 4.78. The molecule has 0 aliphatic rings. The Morgan fingerprint density at radius 1 is 0.862 bits per heavy atom. The molecule has 0 bridgehead atoms. The number of hydrogen-bond acceptors (Lipinski definition) is 4. The number of carbonyl (C=O) groups is 2. The van der Waals surface area contributed by atoms with Gasteiger partial charge in [-0.05, 0) is 13.3 Å². The van der Waals surface area contributed by atoms with Crippen LogP contribution in [-0.4, -0.2) is 45.6 Å². The maximum atomic E-state index is 11.0. The quantitative estimate of drug-likeness (QED) is 0.221. The second-order valence-corrected chi connectivity index (χ2v) is 7.78. The summed E-state index contributed by atoms with van der Waals surface area (Å²) in [4.78, 5) is 21.6. The van der Waals surface area contributed by atoms with Gasteiger partial charge in [-0.25, -0.2) is 4.79 Å². The lowest BCUT2D eigenvalue weighted by Crippen LogP contribution is -2.43. The SMILES string of the molecule is CCCCCCCCCCCCCCC#CC(O)(CC(=O)O)C(C)OCC(=O)O. The fraction of sp³-hybridized carbons (Fsp3) is 0.826. The van der Waals surface area contributed by atoms with Gasteiger partial charge in [-0.2, -0.15) is 0 Å². The Morgan fingerprint density at radius 3 is 1.79 bits per heavy atom. The van der Waals surface area contributed by atoms with Crippen LogP contribution >= 0.6 is 0 Å². The summed E-state index contributed by atoms with van der Waals surface area (Å²) >= 11 is 0. The van der Waals surface area contributed by atoms with E-state index < -0.39 is 36.7 Å². The fourth-order valence-electron chi connectivity index (χ4n) is 3.12. The molecule has 0 aliphatic heterocycles. The summed E-state index contributed by atoms with van der Waals surface area (Å²) in [5, 5.41) is 28.1. The van der Waals surface area contributed by atoms with E-state index in [-0.39, 0.29) is 0 Å². The lowest BCUT2D eigenvalue weighted by Gasteiger charge is -2.27. The Kier molecular flexibility index (Phi) is 16.4. The highest BCUT2D eigenvalue weighted by Crippen LogP contribution is 2.18. The van der Waals surface area contributed by atoms with Gasteiger partial charge in [0.25, 0.3) is 0 Å². The molecule has 0 amide bonds. The van der Waals surface area contributed by atoms with Crippen LogP contribution in [0, 0.1) is 11.8 Å². The van der Waals surface area contributed by atoms with E-state index in [2.05, 4.69) is 18.8 Å². The molecule has 0 radical (unpaired) electrons. The van der Waals surface area contributed by atoms with E-state index in [1.54, 1.807) is 0 Å². The van der Waals surface area contributed by atoms with Gasteiger partial charge in [0.05, 0.1) is 12.5 Å². The number of carboxylic acid groups (broad SMARTS) is 2. The van der Waals surface area contributed by atoms with Gasteiger partial charge in [0, 0.05) is 6.42 Å². The number of aliphatic carboxylic acids is 2. The van der Waals surface area contributed by atoms with Gasteiger partial charge >= 0.3 is 11.9 Å². The number of carboxylic acids is 2. The van der Waals surface area contributed by atoms with E-state index in [0.29, 0.717) is 6.42 Å². The first-order valence-corrected chi connectivity index (χ1v) is 11.1. The third-order valence-corrected chi connectivity index (χ3v) is 5.01. The molecule has 2 atom stereocenters. The second kappa shape index (κ2) is 17.3. The van der Waals surface area contributed by atoms with Crippen LogP contribution in [0.1, 0.15) is 104 Å². The standard InChI is InChI=1S/C23H40O6/c1-3-4-5-6-7-8-9-10-11-12-13-14-15-16-17-23(28,18-21(24)25)20(2)29-19-22(26)27/h20,28H,3-15,18-19H2,1-2H3,(H,24,25)(H,26,27). The van der Waals surface area contributed by atoms with Crippen LogP contribution in [0.3, 0.4) is 0 Å². The minimum atomic E-state index is -1.89. The van der Waals surface area contributed by atoms with E-state index in [1.807, 2.05) is 0 Å². The average Bonchev–Trinajstić information content (AvgIpc) is 2.65. The van der Waals surface area contributed by atoms with E-state index in [0.717, 1.165) is 19.3 Å². The Labute approximate surface area is 176 Å². The van der Waals surface area contributed by atoms with Crippen molar-refractivity contribution in [3.63, 3.8) is 0 Å². The van der Waals surface area contributed by atoms with Gasteiger partial charge in [-0.1, -0.05) is 83.5 Å². The van der Waals surface area contributed by atoms with Crippen molar-refractivity contribution in [3.05, 3.63) is 0 Å². The number of aliphatic hydroxyl groups is 1. The third-order valence-electron chi connectivity index (χ3n) is 5.01. The second-order valence-electron chi connectivity index (χ2n) is 7.78. The van der Waals surface area contributed by atoms with Crippen molar-refractivity contribution in [3.8, 4) is 11.8 Å². The summed E-state index contributed by atoms with van der Waals surface area (Å²) in [5.74, 6) is 3.05. The maximum Gasteiger partial charge on any atom is 0.329 e. The third kappa shape index (κ3) is 16.0. The van der Waals surface area contributed by atoms with Crippen LogP contribution in [-0.2, 0) is 14.3 Å². The summed E-state index contributed by atoms with van der Waals surface area (Å²) < 4.78 is 5.02. The van der Waals surface area contributed by atoms with Gasteiger partial charge in [-0.15, -0.1) is 5.92 Å². The molecule has 0 saturated carbocycles. The molecule has 29 heavy (non-hydrogen) atoms. The van der Waals surface area contributed by atoms with Crippen LogP contribution in [0.2, 0.25) is 0 Å². The van der Waals surface area contributed by atoms with Crippen molar-refractivity contribution in [2.24, 2.45) is 0 Å². The molecular formula is C23H40O6. The molecule has 0 aromatic carbocycles. The first-order chi connectivity index (χ1) is 13.8. The minimum absolute atomic E-state index is 0.574. The Hall–Kier alpha value is -1.58. The molecule has 0 saturated heterocycles. The first-order valence-electron chi connectivity index (χ1n) is 11.1. The van der Waals surface area contributed by atoms with Crippen molar-refractivity contribution < 1.29 is 29.6 Å². The molecule has 3 N–H and O–H groups in total. The van der Waals surface area contributed by atoms with Crippen LogP contribution < -0.4 is 0 Å². The highest BCUT2D eigenvalue weighted by Gasteiger charge is 2.35. The van der Waals surface area contributed by atoms with Crippen LogP contribution in [0.15, 0.2) is 0 Å². The monoisotopic (exact) mass is 412 g/mol. The zero-order valence-electron chi connectivity index (χ0n) is 18.3. The fourth-order valence-corrected chi connectivity index (χ4v) is 3.12. The van der Waals surface area contributed by atoms with Gasteiger partial charge < -0.3 is 20.1 Å². The summed E-state index contributed by atoms with van der Waals surface area (Å²) in [6.07, 6.45) is 13.9. The van der Waals surface area contributed by atoms with Crippen molar-refractivity contribution in [1.29, 1.82) is 0 Å². The highest BCUT2D eigenvalue weighted by molar-refractivity contribution is 5.69. The number of rotatable bonds is 18. The Bertz CT molecular complexity index is 507. The summed E-state index contributed by atoms with van der Waals surface area (Å²) in [5.41, 5.74) is -1.89. The maximum absolute atomic E-state index is 11.0. The first kappa shape index (κ1) is 27.4. The number of hydrogen-bond donors (Lipinski definition) is 3. The summed E-state index contributed by atoms with van der Waals surface area (Å²) in [7, 11) is 0. The predicted molar refractivity (Wildman–Crippen MR) is 114 cm³/mol. The van der Waals surface area contributed by atoms with E-state index in [1.165, 1.54) is 64.7 Å². The normalized spacial score (nSPS) is 13.9. The van der Waals surface area contributed by atoms with Gasteiger partial charge in [-0.3, -0.25) is 4.79 Å². The molecule has 168 valence electrons. The van der Waals surface area contributed by atoms with Gasteiger partial charge in [0.1, 0.15) is 6.61 Å². The number of ether oxygens (including phenoxy) is 1.